The number of carbonyl (C=O) groups excluding carboxylic acids is 1. The first kappa shape index (κ1) is 13.8. The number of aromatic nitrogens is 1. The molecular formula is C13H17N3O2S. The Bertz CT molecular complexity index is 582. The number of likely N-dealkylation sites (N-methyl/N-ethyl adjacent to an activating group) is 1. The van der Waals surface area contributed by atoms with E-state index in [1.54, 1.807) is 18.1 Å². The molecule has 2 rings (SSSR count). The lowest BCUT2D eigenvalue weighted by molar-refractivity contribution is 0.0715. The van der Waals surface area contributed by atoms with Crippen molar-refractivity contribution in [1.82, 2.24) is 9.88 Å². The first-order valence-electron chi connectivity index (χ1n) is 6.11. The summed E-state index contributed by atoms with van der Waals surface area (Å²) in [5.74, 6) is -0.0831. The number of thiophene rings is 1. The molecule has 2 N–H and O–H groups in total. The van der Waals surface area contributed by atoms with Gasteiger partial charge in [0.15, 0.2) is 0 Å². The lowest BCUT2D eigenvalue weighted by Gasteiger charge is -2.16. The highest BCUT2D eigenvalue weighted by Gasteiger charge is 2.19. The normalized spacial score (nSPS) is 10.8. The fourth-order valence-corrected chi connectivity index (χ4v) is 2.79. The summed E-state index contributed by atoms with van der Waals surface area (Å²) in [6, 6.07) is 3.70. The van der Waals surface area contributed by atoms with Crippen LogP contribution in [0.2, 0.25) is 0 Å². The largest absolute Gasteiger partial charge is 0.397 e. The maximum Gasteiger partial charge on any atom is 0.265 e. The van der Waals surface area contributed by atoms with E-state index in [0.717, 1.165) is 10.2 Å². The zero-order chi connectivity index (χ0) is 13.8. The smallest absolute Gasteiger partial charge is 0.265 e. The minimum atomic E-state index is -0.0831. The Morgan fingerprint density at radius 2 is 2.37 bits per heavy atom. The molecule has 2 heterocycles. The summed E-state index contributed by atoms with van der Waals surface area (Å²) in [5, 5.41) is 0.842. The minimum absolute atomic E-state index is 0.0831. The van der Waals surface area contributed by atoms with Gasteiger partial charge in [-0.05, 0) is 19.1 Å². The second-order valence-electron chi connectivity index (χ2n) is 4.12. The van der Waals surface area contributed by atoms with E-state index < -0.39 is 0 Å². The number of nitrogen functional groups attached to an aromatic ring is 1. The van der Waals surface area contributed by atoms with E-state index >= 15 is 0 Å². The van der Waals surface area contributed by atoms with Crippen molar-refractivity contribution < 1.29 is 9.53 Å². The number of ether oxygens (including phenoxy) is 1. The standard InChI is InChI=1S/C13H17N3O2S/c1-3-18-8-7-16(2)13(17)11-10(14)9-5-4-6-15-12(9)19-11/h4-6H,3,7-8,14H2,1-2H3. The summed E-state index contributed by atoms with van der Waals surface area (Å²) in [7, 11) is 1.75. The molecule has 5 nitrogen and oxygen atoms in total. The zero-order valence-electron chi connectivity index (χ0n) is 11.0. The van der Waals surface area contributed by atoms with Crippen LogP contribution in [0.1, 0.15) is 16.6 Å². The number of carbonyl (C=O) groups is 1. The summed E-state index contributed by atoms with van der Waals surface area (Å²) < 4.78 is 5.25. The molecule has 0 bridgehead atoms. The van der Waals surface area contributed by atoms with Crippen molar-refractivity contribution in [3.8, 4) is 0 Å². The van der Waals surface area contributed by atoms with Crippen LogP contribution in [0.15, 0.2) is 18.3 Å². The Balaban J connectivity index is 2.19. The van der Waals surface area contributed by atoms with E-state index in [9.17, 15) is 4.79 Å². The van der Waals surface area contributed by atoms with Crippen LogP contribution in [0.5, 0.6) is 0 Å². The summed E-state index contributed by atoms with van der Waals surface area (Å²) in [5.41, 5.74) is 6.54. The molecule has 6 heteroatoms. The SMILES string of the molecule is CCOCCN(C)C(=O)c1sc2ncccc2c1N. The van der Waals surface area contributed by atoms with Gasteiger partial charge >= 0.3 is 0 Å². The topological polar surface area (TPSA) is 68.5 Å². The van der Waals surface area contributed by atoms with Crippen molar-refractivity contribution in [2.75, 3.05) is 32.5 Å². The third-order valence-electron chi connectivity index (χ3n) is 2.82. The van der Waals surface area contributed by atoms with Gasteiger partial charge in [-0.3, -0.25) is 4.79 Å². The van der Waals surface area contributed by atoms with E-state index in [2.05, 4.69) is 4.98 Å². The van der Waals surface area contributed by atoms with Crippen LogP contribution in [0.3, 0.4) is 0 Å². The lowest BCUT2D eigenvalue weighted by atomic mass is 10.2. The number of nitrogens with two attached hydrogens (primary N) is 1. The summed E-state index contributed by atoms with van der Waals surface area (Å²) in [6.07, 6.45) is 1.70. The van der Waals surface area contributed by atoms with E-state index in [-0.39, 0.29) is 5.91 Å². The summed E-state index contributed by atoms with van der Waals surface area (Å²) >= 11 is 1.33. The third kappa shape index (κ3) is 2.85. The number of amides is 1. The Kier molecular flexibility index (Phi) is 4.34. The Morgan fingerprint density at radius 1 is 1.58 bits per heavy atom. The maximum atomic E-state index is 12.3. The molecule has 2 aromatic rings. The van der Waals surface area contributed by atoms with Gasteiger partial charge in [-0.1, -0.05) is 0 Å². The van der Waals surface area contributed by atoms with E-state index in [1.165, 1.54) is 11.3 Å². The lowest BCUT2D eigenvalue weighted by Crippen LogP contribution is -2.30. The molecule has 0 unspecified atom stereocenters. The average molecular weight is 279 g/mol. The van der Waals surface area contributed by atoms with Crippen molar-refractivity contribution in [2.45, 2.75) is 6.92 Å². The fourth-order valence-electron chi connectivity index (χ4n) is 1.73. The molecular weight excluding hydrogens is 262 g/mol. The van der Waals surface area contributed by atoms with Crippen LogP contribution in [0, 0.1) is 0 Å². The minimum Gasteiger partial charge on any atom is -0.397 e. The molecule has 19 heavy (non-hydrogen) atoms. The highest BCUT2D eigenvalue weighted by molar-refractivity contribution is 7.21. The molecule has 0 aliphatic heterocycles. The van der Waals surface area contributed by atoms with Crippen molar-refractivity contribution in [3.05, 3.63) is 23.2 Å². The number of hydrogen-bond acceptors (Lipinski definition) is 5. The molecule has 0 aromatic carbocycles. The van der Waals surface area contributed by atoms with Crippen LogP contribution in [-0.4, -0.2) is 42.6 Å². The van der Waals surface area contributed by atoms with Crippen LogP contribution >= 0.6 is 11.3 Å². The number of fused-ring (bicyclic) bond motifs is 1. The van der Waals surface area contributed by atoms with Crippen molar-refractivity contribution >= 4 is 33.1 Å². The Hall–Kier alpha value is -1.66. The van der Waals surface area contributed by atoms with Gasteiger partial charge in [0.05, 0.1) is 12.3 Å². The predicted octanol–water partition coefficient (Wildman–Crippen LogP) is 1.99. The van der Waals surface area contributed by atoms with Crippen LogP contribution in [0.25, 0.3) is 10.2 Å². The average Bonchev–Trinajstić information content (AvgIpc) is 2.76. The molecule has 0 saturated carbocycles. The van der Waals surface area contributed by atoms with Gasteiger partial charge in [0.25, 0.3) is 5.91 Å². The summed E-state index contributed by atoms with van der Waals surface area (Å²) in [6.45, 7) is 3.66. The number of pyridine rings is 1. The van der Waals surface area contributed by atoms with Gasteiger partial charge in [-0.25, -0.2) is 4.98 Å². The quantitative estimate of drug-likeness (QED) is 0.850. The first-order chi connectivity index (χ1) is 9.15. The van der Waals surface area contributed by atoms with Gasteiger partial charge in [-0.2, -0.15) is 0 Å². The van der Waals surface area contributed by atoms with Gasteiger partial charge in [0.2, 0.25) is 0 Å². The third-order valence-corrected chi connectivity index (χ3v) is 3.94. The van der Waals surface area contributed by atoms with E-state index in [1.807, 2.05) is 19.1 Å². The van der Waals surface area contributed by atoms with Gasteiger partial charge in [-0.15, -0.1) is 11.3 Å². The maximum absolute atomic E-state index is 12.3. The molecule has 2 aromatic heterocycles. The Labute approximate surface area is 116 Å². The van der Waals surface area contributed by atoms with Crippen LogP contribution in [0.4, 0.5) is 5.69 Å². The number of rotatable bonds is 5. The number of nitrogens with zero attached hydrogens (tertiary/aromatic N) is 2. The first-order valence-corrected chi connectivity index (χ1v) is 6.93. The molecule has 102 valence electrons. The highest BCUT2D eigenvalue weighted by Crippen LogP contribution is 2.32. The van der Waals surface area contributed by atoms with Crippen LogP contribution < -0.4 is 5.73 Å². The molecule has 1 amide bonds. The van der Waals surface area contributed by atoms with Crippen molar-refractivity contribution in [3.63, 3.8) is 0 Å². The molecule has 0 aliphatic rings. The zero-order valence-corrected chi connectivity index (χ0v) is 11.9. The number of anilines is 1. The molecule has 0 fully saturated rings. The summed E-state index contributed by atoms with van der Waals surface area (Å²) in [4.78, 5) is 19.5. The highest BCUT2D eigenvalue weighted by atomic mass is 32.1. The van der Waals surface area contributed by atoms with Crippen molar-refractivity contribution in [1.29, 1.82) is 0 Å². The number of hydrogen-bond donors (Lipinski definition) is 1. The fraction of sp³-hybridized carbons (Fsp3) is 0.385. The Morgan fingerprint density at radius 3 is 3.05 bits per heavy atom. The second kappa shape index (κ2) is 5.99. The van der Waals surface area contributed by atoms with Gasteiger partial charge in [0, 0.05) is 31.8 Å². The van der Waals surface area contributed by atoms with Gasteiger partial charge < -0.3 is 15.4 Å². The second-order valence-corrected chi connectivity index (χ2v) is 5.12. The van der Waals surface area contributed by atoms with Crippen molar-refractivity contribution in [2.24, 2.45) is 0 Å². The van der Waals surface area contributed by atoms with E-state index in [4.69, 9.17) is 10.5 Å². The molecule has 0 saturated heterocycles. The predicted molar refractivity (Wildman–Crippen MR) is 77.5 cm³/mol. The molecule has 0 atom stereocenters. The van der Waals surface area contributed by atoms with E-state index in [0.29, 0.717) is 30.3 Å². The molecule has 0 aliphatic carbocycles. The van der Waals surface area contributed by atoms with Gasteiger partial charge in [0.1, 0.15) is 9.71 Å². The molecule has 0 spiro atoms. The van der Waals surface area contributed by atoms with Crippen LogP contribution in [-0.2, 0) is 4.74 Å². The molecule has 0 radical (unpaired) electrons. The monoisotopic (exact) mass is 279 g/mol.